The summed E-state index contributed by atoms with van der Waals surface area (Å²) in [6.07, 6.45) is 2.22. The first-order valence-electron chi connectivity index (χ1n) is 7.01. The molecule has 0 aromatic heterocycles. The Labute approximate surface area is 115 Å². The molecule has 1 aromatic carbocycles. The van der Waals surface area contributed by atoms with Crippen LogP contribution in [0.2, 0.25) is 0 Å². The second-order valence-corrected chi connectivity index (χ2v) is 5.26. The standard InChI is InChI=1S/C15H23N3O/c1-12-6-5-9-18(14(12)10-16)15(19)17-11-13-7-3-2-4-8-13/h2-4,7-8,12,14H,5-6,9-11,16H2,1H3,(H,17,19). The highest BCUT2D eigenvalue weighted by atomic mass is 16.2. The van der Waals surface area contributed by atoms with Crippen LogP contribution in [-0.2, 0) is 6.54 Å². The van der Waals surface area contributed by atoms with Gasteiger partial charge in [0.1, 0.15) is 0 Å². The quantitative estimate of drug-likeness (QED) is 0.873. The predicted octanol–water partition coefficient (Wildman–Crippen LogP) is 1.96. The van der Waals surface area contributed by atoms with Gasteiger partial charge >= 0.3 is 6.03 Å². The van der Waals surface area contributed by atoms with E-state index >= 15 is 0 Å². The lowest BCUT2D eigenvalue weighted by Gasteiger charge is -2.39. The molecule has 4 nitrogen and oxygen atoms in total. The molecular formula is C15H23N3O. The third kappa shape index (κ3) is 3.47. The third-order valence-electron chi connectivity index (χ3n) is 3.90. The number of carbonyl (C=O) groups is 1. The van der Waals surface area contributed by atoms with Gasteiger partial charge in [-0.15, -0.1) is 0 Å². The van der Waals surface area contributed by atoms with Gasteiger partial charge in [-0.3, -0.25) is 0 Å². The highest BCUT2D eigenvalue weighted by molar-refractivity contribution is 5.74. The normalized spacial score (nSPS) is 23.2. The van der Waals surface area contributed by atoms with Crippen molar-refractivity contribution in [1.82, 2.24) is 10.2 Å². The Hall–Kier alpha value is -1.55. The van der Waals surface area contributed by atoms with Gasteiger partial charge in [0, 0.05) is 25.7 Å². The van der Waals surface area contributed by atoms with Crippen molar-refractivity contribution in [2.75, 3.05) is 13.1 Å². The van der Waals surface area contributed by atoms with Crippen molar-refractivity contribution < 1.29 is 4.79 Å². The highest BCUT2D eigenvalue weighted by Crippen LogP contribution is 2.22. The van der Waals surface area contributed by atoms with Crippen LogP contribution in [0.3, 0.4) is 0 Å². The molecule has 0 saturated carbocycles. The van der Waals surface area contributed by atoms with E-state index in [1.165, 1.54) is 0 Å². The minimum absolute atomic E-state index is 0.00542. The van der Waals surface area contributed by atoms with E-state index in [2.05, 4.69) is 12.2 Å². The van der Waals surface area contributed by atoms with E-state index < -0.39 is 0 Å². The molecule has 104 valence electrons. The molecular weight excluding hydrogens is 238 g/mol. The first-order valence-corrected chi connectivity index (χ1v) is 7.01. The minimum Gasteiger partial charge on any atom is -0.334 e. The molecule has 0 aliphatic carbocycles. The second kappa shape index (κ2) is 6.57. The average molecular weight is 261 g/mol. The summed E-state index contributed by atoms with van der Waals surface area (Å²) in [6, 6.07) is 10.1. The smallest absolute Gasteiger partial charge is 0.317 e. The van der Waals surface area contributed by atoms with E-state index in [0.717, 1.165) is 24.9 Å². The molecule has 0 bridgehead atoms. The number of amides is 2. The molecule has 2 atom stereocenters. The lowest BCUT2D eigenvalue weighted by molar-refractivity contribution is 0.123. The van der Waals surface area contributed by atoms with Crippen LogP contribution in [0.15, 0.2) is 30.3 Å². The molecule has 4 heteroatoms. The van der Waals surface area contributed by atoms with Crippen LogP contribution in [0.4, 0.5) is 4.79 Å². The van der Waals surface area contributed by atoms with E-state index in [-0.39, 0.29) is 12.1 Å². The Morgan fingerprint density at radius 3 is 2.84 bits per heavy atom. The van der Waals surface area contributed by atoms with Gasteiger partial charge in [-0.25, -0.2) is 4.79 Å². The van der Waals surface area contributed by atoms with Gasteiger partial charge in [-0.05, 0) is 24.3 Å². The predicted molar refractivity (Wildman–Crippen MR) is 76.6 cm³/mol. The van der Waals surface area contributed by atoms with Crippen molar-refractivity contribution in [3.8, 4) is 0 Å². The molecule has 0 radical (unpaired) electrons. The molecule has 1 aliphatic rings. The summed E-state index contributed by atoms with van der Waals surface area (Å²) in [6.45, 7) is 4.10. The monoisotopic (exact) mass is 261 g/mol. The van der Waals surface area contributed by atoms with E-state index in [1.807, 2.05) is 35.2 Å². The summed E-state index contributed by atoms with van der Waals surface area (Å²) in [5.74, 6) is 0.487. The first kappa shape index (κ1) is 13.9. The van der Waals surface area contributed by atoms with Gasteiger partial charge in [-0.2, -0.15) is 0 Å². The number of likely N-dealkylation sites (tertiary alicyclic amines) is 1. The van der Waals surface area contributed by atoms with Crippen LogP contribution < -0.4 is 11.1 Å². The fourth-order valence-electron chi connectivity index (χ4n) is 2.74. The molecule has 19 heavy (non-hydrogen) atoms. The summed E-state index contributed by atoms with van der Waals surface area (Å²) in [4.78, 5) is 14.1. The van der Waals surface area contributed by atoms with Crippen LogP contribution in [-0.4, -0.2) is 30.1 Å². The Balaban J connectivity index is 1.91. The largest absolute Gasteiger partial charge is 0.334 e. The van der Waals surface area contributed by atoms with Gasteiger partial charge in [0.15, 0.2) is 0 Å². The number of urea groups is 1. The number of hydrogen-bond donors (Lipinski definition) is 2. The minimum atomic E-state index is 0.00542. The van der Waals surface area contributed by atoms with Crippen molar-refractivity contribution in [3.63, 3.8) is 0 Å². The van der Waals surface area contributed by atoms with Crippen LogP contribution >= 0.6 is 0 Å². The zero-order valence-corrected chi connectivity index (χ0v) is 11.5. The van der Waals surface area contributed by atoms with Gasteiger partial charge in [0.05, 0.1) is 0 Å². The van der Waals surface area contributed by atoms with E-state index in [0.29, 0.717) is 19.0 Å². The van der Waals surface area contributed by atoms with Crippen LogP contribution in [0.25, 0.3) is 0 Å². The van der Waals surface area contributed by atoms with Crippen molar-refractivity contribution in [2.24, 2.45) is 11.7 Å². The van der Waals surface area contributed by atoms with Crippen molar-refractivity contribution in [1.29, 1.82) is 0 Å². The van der Waals surface area contributed by atoms with Gasteiger partial charge in [-0.1, -0.05) is 37.3 Å². The molecule has 2 amide bonds. The molecule has 1 aliphatic heterocycles. The van der Waals surface area contributed by atoms with Crippen LogP contribution in [0, 0.1) is 5.92 Å². The summed E-state index contributed by atoms with van der Waals surface area (Å²) in [5.41, 5.74) is 6.92. The summed E-state index contributed by atoms with van der Waals surface area (Å²) >= 11 is 0. The SMILES string of the molecule is CC1CCCN(C(=O)NCc2ccccc2)C1CN. The third-order valence-corrected chi connectivity index (χ3v) is 3.90. The van der Waals surface area contributed by atoms with Crippen molar-refractivity contribution >= 4 is 6.03 Å². The number of hydrogen-bond acceptors (Lipinski definition) is 2. The number of piperidine rings is 1. The Morgan fingerprint density at radius 2 is 2.16 bits per heavy atom. The van der Waals surface area contributed by atoms with Crippen molar-refractivity contribution in [3.05, 3.63) is 35.9 Å². The Bertz CT molecular complexity index is 407. The number of nitrogens with two attached hydrogens (primary N) is 1. The molecule has 1 heterocycles. The number of nitrogens with zero attached hydrogens (tertiary/aromatic N) is 1. The van der Waals surface area contributed by atoms with Gasteiger partial charge in [0.2, 0.25) is 0 Å². The fourth-order valence-corrected chi connectivity index (χ4v) is 2.74. The maximum absolute atomic E-state index is 12.2. The lowest BCUT2D eigenvalue weighted by Crippen LogP contribution is -2.54. The summed E-state index contributed by atoms with van der Waals surface area (Å²) in [5, 5.41) is 2.98. The van der Waals surface area contributed by atoms with Crippen LogP contribution in [0.1, 0.15) is 25.3 Å². The number of nitrogens with one attached hydrogen (secondary N) is 1. The molecule has 1 fully saturated rings. The summed E-state index contributed by atoms with van der Waals surface area (Å²) < 4.78 is 0. The number of rotatable bonds is 3. The molecule has 2 rings (SSSR count). The van der Waals surface area contributed by atoms with E-state index in [1.54, 1.807) is 0 Å². The first-order chi connectivity index (χ1) is 9.22. The molecule has 1 aromatic rings. The zero-order valence-electron chi connectivity index (χ0n) is 11.5. The highest BCUT2D eigenvalue weighted by Gasteiger charge is 2.30. The molecule has 1 saturated heterocycles. The maximum atomic E-state index is 12.2. The zero-order chi connectivity index (χ0) is 13.7. The Morgan fingerprint density at radius 1 is 1.42 bits per heavy atom. The lowest BCUT2D eigenvalue weighted by atomic mass is 9.91. The van der Waals surface area contributed by atoms with Gasteiger partial charge < -0.3 is 16.0 Å². The van der Waals surface area contributed by atoms with E-state index in [9.17, 15) is 4.79 Å². The maximum Gasteiger partial charge on any atom is 0.317 e. The molecule has 0 spiro atoms. The summed E-state index contributed by atoms with van der Waals surface area (Å²) in [7, 11) is 0. The van der Waals surface area contributed by atoms with E-state index in [4.69, 9.17) is 5.73 Å². The topological polar surface area (TPSA) is 58.4 Å². The van der Waals surface area contributed by atoms with Gasteiger partial charge in [0.25, 0.3) is 0 Å². The van der Waals surface area contributed by atoms with Crippen LogP contribution in [0.5, 0.6) is 0 Å². The second-order valence-electron chi connectivity index (χ2n) is 5.26. The fraction of sp³-hybridized carbons (Fsp3) is 0.533. The van der Waals surface area contributed by atoms with Crippen molar-refractivity contribution in [2.45, 2.75) is 32.4 Å². The molecule has 3 N–H and O–H groups in total. The molecule has 2 unspecified atom stereocenters. The average Bonchev–Trinajstić information content (AvgIpc) is 2.45. The number of carbonyl (C=O) groups excluding carboxylic acids is 1. The Kier molecular flexibility index (Phi) is 4.80. The number of benzene rings is 1.